The third kappa shape index (κ3) is 4.18. The van der Waals surface area contributed by atoms with Crippen molar-refractivity contribution in [3.8, 4) is 5.75 Å². The van der Waals surface area contributed by atoms with Gasteiger partial charge in [0.1, 0.15) is 17.9 Å². The van der Waals surface area contributed by atoms with Gasteiger partial charge in [-0.05, 0) is 54.6 Å². The summed E-state index contributed by atoms with van der Waals surface area (Å²) in [5.74, 6) is 0.446. The van der Waals surface area contributed by atoms with Crippen LogP contribution in [0.5, 0.6) is 5.75 Å². The maximum atomic E-state index is 13.3. The molecular weight excluding hydrogens is 359 g/mol. The molecule has 1 aliphatic heterocycles. The molecule has 1 N–H and O–H groups in total. The van der Waals surface area contributed by atoms with Crippen molar-refractivity contribution in [2.75, 3.05) is 24.2 Å². The summed E-state index contributed by atoms with van der Waals surface area (Å²) in [6.45, 7) is 1.55. The Morgan fingerprint density at radius 2 is 2.12 bits per heavy atom. The number of carbonyl (C=O) groups is 1. The second-order valence-electron chi connectivity index (χ2n) is 5.18. The lowest BCUT2D eigenvalue weighted by molar-refractivity contribution is -0.104. The zero-order valence-corrected chi connectivity index (χ0v) is 15.2. The molecule has 2 aromatic rings. The molecule has 1 heterocycles. The summed E-state index contributed by atoms with van der Waals surface area (Å²) in [5, 5.41) is 0. The Morgan fingerprint density at radius 1 is 1.32 bits per heavy atom. The van der Waals surface area contributed by atoms with Crippen LogP contribution in [0.2, 0.25) is 0 Å². The fourth-order valence-corrected chi connectivity index (χ4v) is 3.84. The van der Waals surface area contributed by atoms with Gasteiger partial charge in [0.05, 0.1) is 21.7 Å². The summed E-state index contributed by atoms with van der Waals surface area (Å²) in [7, 11) is 0. The number of nitrogens with one attached hydrogen (secondary N) is 1. The van der Waals surface area contributed by atoms with E-state index in [1.165, 1.54) is 36.4 Å². The topological polar surface area (TPSA) is 41.6 Å². The second kappa shape index (κ2) is 8.42. The number of rotatable bonds is 5. The van der Waals surface area contributed by atoms with Gasteiger partial charge in [0.2, 0.25) is 0 Å². The number of ether oxygens (including phenoxy) is 1. The lowest BCUT2D eigenvalue weighted by atomic mass is 10.2. The van der Waals surface area contributed by atoms with Gasteiger partial charge in [0.15, 0.2) is 0 Å². The minimum absolute atomic E-state index is 0.248. The highest BCUT2D eigenvalue weighted by Gasteiger charge is 2.20. The molecule has 1 aliphatic rings. The lowest BCUT2D eigenvalue weighted by Gasteiger charge is -2.25. The van der Waals surface area contributed by atoms with E-state index >= 15 is 0 Å². The van der Waals surface area contributed by atoms with Gasteiger partial charge >= 0.3 is 0 Å². The molecule has 130 valence electrons. The van der Waals surface area contributed by atoms with Gasteiger partial charge in [0.25, 0.3) is 0 Å². The number of aldehydes is 1. The predicted molar refractivity (Wildman–Crippen MR) is 101 cm³/mol. The maximum Gasteiger partial charge on any atom is 0.145 e. The van der Waals surface area contributed by atoms with Crippen LogP contribution in [0, 0.1) is 5.82 Å². The van der Waals surface area contributed by atoms with Crippen LogP contribution in [0.4, 0.5) is 15.8 Å². The number of halogens is 1. The number of anilines is 2. The molecule has 3 rings (SSSR count). The van der Waals surface area contributed by atoms with Crippen molar-refractivity contribution in [1.82, 2.24) is 4.72 Å². The van der Waals surface area contributed by atoms with E-state index in [0.29, 0.717) is 12.0 Å². The number of benzene rings is 2. The van der Waals surface area contributed by atoms with Gasteiger partial charge in [-0.1, -0.05) is 0 Å². The first-order valence-electron chi connectivity index (χ1n) is 7.64. The Morgan fingerprint density at radius 3 is 2.84 bits per heavy atom. The molecular formula is C18H17FN2O2S2. The number of allylic oxidation sites excluding steroid dienone is 1. The highest BCUT2D eigenvalue weighted by Crippen LogP contribution is 2.42. The smallest absolute Gasteiger partial charge is 0.145 e. The number of nitrogens with zero attached hydrogens (tertiary/aromatic N) is 1. The zero-order valence-electron chi connectivity index (χ0n) is 13.6. The number of thioether (sulfide) groups is 1. The van der Waals surface area contributed by atoms with E-state index in [2.05, 4.69) is 15.7 Å². The standard InChI is InChI=1S/C18H17FN2O2S2/c1-24-18-11-15-17(12-16(18)23-10-2-9-22)25-20-7-8-21(15)14-5-3-13(19)4-6-14/h2-6,9-12,20H,7-8H2,1H3/b10-2+. The largest absolute Gasteiger partial charge is 0.464 e. The van der Waals surface area contributed by atoms with Crippen LogP contribution in [0.1, 0.15) is 0 Å². The normalized spacial score (nSPS) is 14.2. The zero-order chi connectivity index (χ0) is 17.6. The Kier molecular flexibility index (Phi) is 6.01. The molecule has 0 radical (unpaired) electrons. The highest BCUT2D eigenvalue weighted by atomic mass is 32.2. The minimum Gasteiger partial charge on any atom is -0.464 e. The van der Waals surface area contributed by atoms with Crippen LogP contribution in [0.3, 0.4) is 0 Å². The molecule has 2 aromatic carbocycles. The van der Waals surface area contributed by atoms with E-state index < -0.39 is 0 Å². The number of hydrogen-bond acceptors (Lipinski definition) is 6. The van der Waals surface area contributed by atoms with Crippen molar-refractivity contribution in [3.05, 3.63) is 54.6 Å². The van der Waals surface area contributed by atoms with E-state index in [0.717, 1.165) is 34.3 Å². The average Bonchev–Trinajstić information content (AvgIpc) is 2.84. The average molecular weight is 376 g/mol. The SMILES string of the molecule is CSc1cc2c(cc1O/C=C/C=O)SNCCN2c1ccc(F)cc1. The second-order valence-corrected chi connectivity index (χ2v) is 6.96. The van der Waals surface area contributed by atoms with Crippen LogP contribution in [0.15, 0.2) is 58.5 Å². The molecule has 25 heavy (non-hydrogen) atoms. The molecule has 0 aromatic heterocycles. The van der Waals surface area contributed by atoms with Gasteiger partial charge in [-0.15, -0.1) is 11.8 Å². The first-order chi connectivity index (χ1) is 12.2. The van der Waals surface area contributed by atoms with Crippen molar-refractivity contribution in [2.45, 2.75) is 9.79 Å². The highest BCUT2D eigenvalue weighted by molar-refractivity contribution is 7.98. The molecule has 0 saturated heterocycles. The molecule has 0 bridgehead atoms. The van der Waals surface area contributed by atoms with E-state index in [-0.39, 0.29) is 5.82 Å². The monoisotopic (exact) mass is 376 g/mol. The molecule has 7 heteroatoms. The maximum absolute atomic E-state index is 13.3. The van der Waals surface area contributed by atoms with Gasteiger partial charge in [-0.3, -0.25) is 9.52 Å². The molecule has 0 aliphatic carbocycles. The Hall–Kier alpha value is -1.96. The summed E-state index contributed by atoms with van der Waals surface area (Å²) in [4.78, 5) is 14.6. The molecule has 0 spiro atoms. The van der Waals surface area contributed by atoms with Crippen molar-refractivity contribution >= 4 is 41.4 Å². The Labute approximate surface area is 154 Å². The Bertz CT molecular complexity index is 781. The molecule has 0 amide bonds. The lowest BCUT2D eigenvalue weighted by Crippen LogP contribution is -2.23. The van der Waals surface area contributed by atoms with Crippen molar-refractivity contribution in [3.63, 3.8) is 0 Å². The molecule has 0 unspecified atom stereocenters. The van der Waals surface area contributed by atoms with Crippen LogP contribution < -0.4 is 14.4 Å². The quantitative estimate of drug-likeness (QED) is 0.274. The summed E-state index contributed by atoms with van der Waals surface area (Å²) in [6.07, 6.45) is 5.34. The van der Waals surface area contributed by atoms with Crippen molar-refractivity contribution < 1.29 is 13.9 Å². The van der Waals surface area contributed by atoms with Crippen LogP contribution in [0.25, 0.3) is 0 Å². The molecule has 4 nitrogen and oxygen atoms in total. The van der Waals surface area contributed by atoms with E-state index in [1.807, 2.05) is 12.3 Å². The summed E-state index contributed by atoms with van der Waals surface area (Å²) < 4.78 is 22.2. The molecule has 0 atom stereocenters. The van der Waals surface area contributed by atoms with Gasteiger partial charge in [0, 0.05) is 24.9 Å². The number of fused-ring (bicyclic) bond motifs is 1. The third-order valence-corrected chi connectivity index (χ3v) is 5.30. The van der Waals surface area contributed by atoms with Gasteiger partial charge < -0.3 is 9.64 Å². The van der Waals surface area contributed by atoms with Crippen molar-refractivity contribution in [1.29, 1.82) is 0 Å². The van der Waals surface area contributed by atoms with E-state index in [4.69, 9.17) is 4.74 Å². The summed E-state index contributed by atoms with van der Waals surface area (Å²) >= 11 is 3.10. The first-order valence-corrected chi connectivity index (χ1v) is 9.69. The minimum atomic E-state index is -0.248. The number of carbonyl (C=O) groups excluding carboxylic acids is 1. The van der Waals surface area contributed by atoms with Crippen LogP contribution in [-0.4, -0.2) is 25.6 Å². The molecule has 0 fully saturated rings. The van der Waals surface area contributed by atoms with Gasteiger partial charge in [-0.25, -0.2) is 4.39 Å². The van der Waals surface area contributed by atoms with Crippen LogP contribution in [-0.2, 0) is 4.79 Å². The fraction of sp³-hybridized carbons (Fsp3) is 0.167. The first kappa shape index (κ1) is 17.8. The van der Waals surface area contributed by atoms with Crippen LogP contribution >= 0.6 is 23.7 Å². The fourth-order valence-electron chi connectivity index (χ4n) is 2.52. The van der Waals surface area contributed by atoms with E-state index in [1.54, 1.807) is 23.9 Å². The van der Waals surface area contributed by atoms with E-state index in [9.17, 15) is 9.18 Å². The Balaban J connectivity index is 2.02. The predicted octanol–water partition coefficient (Wildman–Crippen LogP) is 4.39. The van der Waals surface area contributed by atoms with Gasteiger partial charge in [-0.2, -0.15) is 0 Å². The number of hydrogen-bond donors (Lipinski definition) is 1. The molecule has 0 saturated carbocycles. The summed E-state index contributed by atoms with van der Waals surface area (Å²) in [6, 6.07) is 10.5. The third-order valence-electron chi connectivity index (χ3n) is 3.65. The van der Waals surface area contributed by atoms with Crippen molar-refractivity contribution in [2.24, 2.45) is 0 Å². The summed E-state index contributed by atoms with van der Waals surface area (Å²) in [5.41, 5.74) is 1.98.